The van der Waals surface area contributed by atoms with Gasteiger partial charge in [0, 0.05) is 5.41 Å². The van der Waals surface area contributed by atoms with E-state index in [0.29, 0.717) is 5.22 Å². The molecule has 0 aromatic carbocycles. The van der Waals surface area contributed by atoms with Crippen LogP contribution in [0.25, 0.3) is 0 Å². The lowest BCUT2D eigenvalue weighted by Crippen LogP contribution is -2.20. The highest BCUT2D eigenvalue weighted by molar-refractivity contribution is 7.98. The Morgan fingerprint density at radius 2 is 2.00 bits per heavy atom. The SMILES string of the molecule is CSc1nnc(C(=O)C(C)(C)C)o1. The van der Waals surface area contributed by atoms with Gasteiger partial charge in [-0.05, 0) is 6.26 Å². The summed E-state index contributed by atoms with van der Waals surface area (Å²) in [5.74, 6) is -0.0304. The molecule has 13 heavy (non-hydrogen) atoms. The Kier molecular flexibility index (Phi) is 2.75. The number of ketones is 1. The molecule has 0 N–H and O–H groups in total. The van der Waals surface area contributed by atoms with E-state index in [1.54, 1.807) is 0 Å². The van der Waals surface area contributed by atoms with Gasteiger partial charge in [0.15, 0.2) is 0 Å². The highest BCUT2D eigenvalue weighted by Gasteiger charge is 2.27. The number of rotatable bonds is 2. The summed E-state index contributed by atoms with van der Waals surface area (Å²) in [5.41, 5.74) is -0.470. The highest BCUT2D eigenvalue weighted by Crippen LogP contribution is 2.21. The Hall–Kier alpha value is -0.840. The van der Waals surface area contributed by atoms with Crippen LogP contribution in [0.5, 0.6) is 0 Å². The smallest absolute Gasteiger partial charge is 0.285 e. The second kappa shape index (κ2) is 3.49. The minimum absolute atomic E-state index is 0.0943. The van der Waals surface area contributed by atoms with Crippen molar-refractivity contribution in [2.24, 2.45) is 5.41 Å². The summed E-state index contributed by atoms with van der Waals surface area (Å²) < 4.78 is 5.11. The molecular formula is C8H12N2O2S. The van der Waals surface area contributed by atoms with E-state index in [-0.39, 0.29) is 11.7 Å². The van der Waals surface area contributed by atoms with Gasteiger partial charge in [0.05, 0.1) is 0 Å². The first-order chi connectivity index (χ1) is 5.95. The Bertz CT molecular complexity index is 314. The van der Waals surface area contributed by atoms with Gasteiger partial charge in [-0.3, -0.25) is 4.79 Å². The van der Waals surface area contributed by atoms with Crippen LogP contribution in [0, 0.1) is 5.41 Å². The van der Waals surface area contributed by atoms with Gasteiger partial charge in [-0.2, -0.15) is 0 Å². The Morgan fingerprint density at radius 1 is 1.38 bits per heavy atom. The fourth-order valence-corrected chi connectivity index (χ4v) is 0.990. The molecular weight excluding hydrogens is 188 g/mol. The lowest BCUT2D eigenvalue weighted by Gasteiger charge is -2.12. The molecule has 0 aliphatic heterocycles. The molecule has 4 nitrogen and oxygen atoms in total. The summed E-state index contributed by atoms with van der Waals surface area (Å²) >= 11 is 1.33. The van der Waals surface area contributed by atoms with Crippen molar-refractivity contribution in [2.45, 2.75) is 26.0 Å². The quantitative estimate of drug-likeness (QED) is 0.540. The van der Waals surface area contributed by atoms with Crippen LogP contribution in [-0.2, 0) is 0 Å². The summed E-state index contributed by atoms with van der Waals surface area (Å²) in [6, 6.07) is 0. The summed E-state index contributed by atoms with van der Waals surface area (Å²) in [5, 5.41) is 7.78. The van der Waals surface area contributed by atoms with Crippen molar-refractivity contribution in [3.05, 3.63) is 5.89 Å². The van der Waals surface area contributed by atoms with E-state index in [2.05, 4.69) is 10.2 Å². The molecule has 0 amide bonds. The fourth-order valence-electron chi connectivity index (χ4n) is 0.705. The molecule has 72 valence electrons. The minimum Gasteiger partial charge on any atom is -0.408 e. The highest BCUT2D eigenvalue weighted by atomic mass is 32.2. The van der Waals surface area contributed by atoms with Crippen molar-refractivity contribution in [1.82, 2.24) is 10.2 Å². The molecule has 0 unspecified atom stereocenters. The molecule has 1 aromatic heterocycles. The number of thioether (sulfide) groups is 1. The summed E-state index contributed by atoms with van der Waals surface area (Å²) in [7, 11) is 0. The van der Waals surface area contributed by atoms with Crippen LogP contribution in [0.2, 0.25) is 0 Å². The Labute approximate surface area is 81.1 Å². The van der Waals surface area contributed by atoms with E-state index in [4.69, 9.17) is 4.42 Å². The van der Waals surface area contributed by atoms with Crippen LogP contribution in [0.3, 0.4) is 0 Å². The lowest BCUT2D eigenvalue weighted by molar-refractivity contribution is 0.0815. The Morgan fingerprint density at radius 3 is 2.38 bits per heavy atom. The van der Waals surface area contributed by atoms with E-state index in [0.717, 1.165) is 0 Å². The molecule has 0 fully saturated rings. The zero-order valence-electron chi connectivity index (χ0n) is 8.12. The van der Waals surface area contributed by atoms with Crippen molar-refractivity contribution in [3.8, 4) is 0 Å². The van der Waals surface area contributed by atoms with Crippen molar-refractivity contribution in [2.75, 3.05) is 6.26 Å². The van der Waals surface area contributed by atoms with E-state index < -0.39 is 5.41 Å². The topological polar surface area (TPSA) is 56.0 Å². The summed E-state index contributed by atoms with van der Waals surface area (Å²) in [6.07, 6.45) is 1.82. The van der Waals surface area contributed by atoms with Crippen molar-refractivity contribution in [3.63, 3.8) is 0 Å². The van der Waals surface area contributed by atoms with E-state index in [1.807, 2.05) is 27.0 Å². The fraction of sp³-hybridized carbons (Fsp3) is 0.625. The minimum atomic E-state index is -0.470. The first kappa shape index (κ1) is 10.2. The largest absolute Gasteiger partial charge is 0.408 e. The van der Waals surface area contributed by atoms with Crippen LogP contribution in [-0.4, -0.2) is 22.2 Å². The maximum atomic E-state index is 11.6. The third-order valence-corrected chi connectivity index (χ3v) is 1.97. The second-order valence-corrected chi connectivity index (χ2v) is 4.41. The van der Waals surface area contributed by atoms with Crippen LogP contribution >= 0.6 is 11.8 Å². The number of Topliss-reactive ketones (excluding diaryl/α,β-unsaturated/α-hetero) is 1. The van der Waals surface area contributed by atoms with Gasteiger partial charge in [-0.1, -0.05) is 32.5 Å². The monoisotopic (exact) mass is 200 g/mol. The maximum absolute atomic E-state index is 11.6. The van der Waals surface area contributed by atoms with Gasteiger partial charge in [0.25, 0.3) is 11.1 Å². The van der Waals surface area contributed by atoms with Crippen LogP contribution < -0.4 is 0 Å². The molecule has 0 atom stereocenters. The van der Waals surface area contributed by atoms with E-state index in [1.165, 1.54) is 11.8 Å². The number of aromatic nitrogens is 2. The van der Waals surface area contributed by atoms with Crippen molar-refractivity contribution >= 4 is 17.5 Å². The third kappa shape index (κ3) is 2.30. The van der Waals surface area contributed by atoms with Gasteiger partial charge in [0.2, 0.25) is 5.78 Å². The van der Waals surface area contributed by atoms with Gasteiger partial charge in [-0.25, -0.2) is 0 Å². The first-order valence-corrected chi connectivity index (χ1v) is 5.10. The number of hydrogen-bond acceptors (Lipinski definition) is 5. The predicted molar refractivity (Wildman–Crippen MR) is 49.9 cm³/mol. The zero-order valence-corrected chi connectivity index (χ0v) is 8.94. The molecule has 1 aromatic rings. The van der Waals surface area contributed by atoms with E-state index in [9.17, 15) is 4.79 Å². The average Bonchev–Trinajstić information content (AvgIpc) is 2.48. The molecule has 1 heterocycles. The second-order valence-electron chi connectivity index (χ2n) is 3.66. The maximum Gasteiger partial charge on any atom is 0.285 e. The summed E-state index contributed by atoms with van der Waals surface area (Å²) in [4.78, 5) is 11.6. The lowest BCUT2D eigenvalue weighted by atomic mass is 9.91. The molecule has 0 radical (unpaired) electrons. The van der Waals surface area contributed by atoms with Crippen molar-refractivity contribution < 1.29 is 9.21 Å². The normalized spacial score (nSPS) is 11.7. The number of nitrogens with zero attached hydrogens (tertiary/aromatic N) is 2. The molecule has 0 saturated heterocycles. The first-order valence-electron chi connectivity index (χ1n) is 3.87. The standard InChI is InChI=1S/C8H12N2O2S/c1-8(2,3)5(11)6-9-10-7(12-6)13-4/h1-4H3. The molecule has 0 aliphatic rings. The van der Waals surface area contributed by atoms with Gasteiger partial charge in [0.1, 0.15) is 0 Å². The Balaban J connectivity index is 2.90. The predicted octanol–water partition coefficient (Wildman–Crippen LogP) is 2.02. The van der Waals surface area contributed by atoms with Crippen LogP contribution in [0.4, 0.5) is 0 Å². The van der Waals surface area contributed by atoms with Gasteiger partial charge >= 0.3 is 0 Å². The van der Waals surface area contributed by atoms with Gasteiger partial charge < -0.3 is 4.42 Å². The number of hydrogen-bond donors (Lipinski definition) is 0. The number of carbonyl (C=O) groups is 1. The zero-order chi connectivity index (χ0) is 10.1. The van der Waals surface area contributed by atoms with E-state index >= 15 is 0 Å². The average molecular weight is 200 g/mol. The molecule has 1 rings (SSSR count). The molecule has 0 aliphatic carbocycles. The number of carbonyl (C=O) groups excluding carboxylic acids is 1. The van der Waals surface area contributed by atoms with Crippen LogP contribution in [0.15, 0.2) is 9.64 Å². The molecule has 0 saturated carbocycles. The molecule has 0 spiro atoms. The molecule has 5 heteroatoms. The third-order valence-electron chi connectivity index (χ3n) is 1.46. The summed E-state index contributed by atoms with van der Waals surface area (Å²) in [6.45, 7) is 5.45. The molecule has 0 bridgehead atoms. The van der Waals surface area contributed by atoms with Crippen molar-refractivity contribution in [1.29, 1.82) is 0 Å². The van der Waals surface area contributed by atoms with Gasteiger partial charge in [-0.15, -0.1) is 10.2 Å². The van der Waals surface area contributed by atoms with Crippen LogP contribution in [0.1, 0.15) is 31.5 Å².